The van der Waals surface area contributed by atoms with E-state index in [0.29, 0.717) is 23.9 Å². The first-order chi connectivity index (χ1) is 10.5. The van der Waals surface area contributed by atoms with E-state index >= 15 is 0 Å². The predicted octanol–water partition coefficient (Wildman–Crippen LogP) is 2.58. The Bertz CT molecular complexity index is 630. The minimum atomic E-state index is -3.63. The van der Waals surface area contributed by atoms with E-state index in [1.54, 1.807) is 12.1 Å². The van der Waals surface area contributed by atoms with Gasteiger partial charge in [0.1, 0.15) is 10.6 Å². The highest BCUT2D eigenvalue weighted by atomic mass is 35.5. The molecule has 8 heteroatoms. The summed E-state index contributed by atoms with van der Waals surface area (Å²) < 4.78 is 33.6. The predicted molar refractivity (Wildman–Crippen MR) is 93.1 cm³/mol. The highest BCUT2D eigenvalue weighted by Gasteiger charge is 2.26. The van der Waals surface area contributed by atoms with Crippen molar-refractivity contribution in [1.82, 2.24) is 10.0 Å². The average molecular weight is 381 g/mol. The van der Waals surface area contributed by atoms with E-state index in [1.807, 2.05) is 0 Å². The van der Waals surface area contributed by atoms with E-state index in [9.17, 15) is 8.42 Å². The van der Waals surface area contributed by atoms with Gasteiger partial charge in [0, 0.05) is 17.6 Å². The Morgan fingerprint density at radius 3 is 2.74 bits per heavy atom. The Kier molecular flexibility index (Phi) is 6.57. The van der Waals surface area contributed by atoms with Crippen molar-refractivity contribution in [3.05, 3.63) is 23.2 Å². The molecule has 2 fully saturated rings. The second-order valence-corrected chi connectivity index (χ2v) is 8.10. The summed E-state index contributed by atoms with van der Waals surface area (Å²) in [5.41, 5.74) is 0. The molecule has 1 heterocycles. The standard InChI is InChI=1S/C15H21ClN2O3S.ClH/c16-12-3-4-14(21-8-6-11-1-2-11)15(9-12)22(19,20)18-13-5-7-17-10-13;/h3-4,9,11,13,17-18H,1-2,5-8,10H2;1H. The first kappa shape index (κ1) is 18.8. The highest BCUT2D eigenvalue weighted by Crippen LogP contribution is 2.33. The largest absolute Gasteiger partial charge is 0.492 e. The van der Waals surface area contributed by atoms with Gasteiger partial charge in [0.25, 0.3) is 0 Å². The lowest BCUT2D eigenvalue weighted by Gasteiger charge is -2.16. The molecule has 130 valence electrons. The minimum Gasteiger partial charge on any atom is -0.492 e. The molecule has 1 saturated heterocycles. The zero-order valence-electron chi connectivity index (χ0n) is 12.8. The van der Waals surface area contributed by atoms with E-state index in [2.05, 4.69) is 10.0 Å². The summed E-state index contributed by atoms with van der Waals surface area (Å²) in [7, 11) is -3.63. The van der Waals surface area contributed by atoms with Crippen LogP contribution in [0.1, 0.15) is 25.7 Å². The van der Waals surface area contributed by atoms with Crippen LogP contribution < -0.4 is 14.8 Å². The summed E-state index contributed by atoms with van der Waals surface area (Å²) in [6.45, 7) is 2.02. The monoisotopic (exact) mass is 380 g/mol. The topological polar surface area (TPSA) is 67.4 Å². The maximum Gasteiger partial charge on any atom is 0.244 e. The maximum atomic E-state index is 12.6. The molecule has 0 radical (unpaired) electrons. The molecule has 3 rings (SSSR count). The van der Waals surface area contributed by atoms with Crippen molar-refractivity contribution in [2.45, 2.75) is 36.6 Å². The number of rotatable bonds is 7. The van der Waals surface area contributed by atoms with E-state index < -0.39 is 10.0 Å². The van der Waals surface area contributed by atoms with Gasteiger partial charge in [-0.25, -0.2) is 13.1 Å². The van der Waals surface area contributed by atoms with Crippen molar-refractivity contribution in [2.24, 2.45) is 5.92 Å². The fourth-order valence-corrected chi connectivity index (χ4v) is 4.27. The smallest absolute Gasteiger partial charge is 0.244 e. The molecule has 0 spiro atoms. The molecule has 1 saturated carbocycles. The molecule has 0 aromatic heterocycles. The molecule has 1 atom stereocenters. The highest BCUT2D eigenvalue weighted by molar-refractivity contribution is 7.89. The number of hydrogen-bond acceptors (Lipinski definition) is 4. The van der Waals surface area contributed by atoms with E-state index in [-0.39, 0.29) is 23.3 Å². The van der Waals surface area contributed by atoms with E-state index in [0.717, 1.165) is 25.3 Å². The third-order valence-electron chi connectivity index (χ3n) is 4.06. The quantitative estimate of drug-likeness (QED) is 0.762. The third-order valence-corrected chi connectivity index (χ3v) is 5.83. The molecule has 1 unspecified atom stereocenters. The lowest BCUT2D eigenvalue weighted by atomic mass is 10.3. The van der Waals surface area contributed by atoms with Gasteiger partial charge in [-0.3, -0.25) is 0 Å². The molecule has 2 N–H and O–H groups in total. The third kappa shape index (κ3) is 5.22. The van der Waals surface area contributed by atoms with Crippen LogP contribution >= 0.6 is 24.0 Å². The van der Waals surface area contributed by atoms with E-state index in [4.69, 9.17) is 16.3 Å². The molecule has 0 bridgehead atoms. The van der Waals surface area contributed by atoms with Crippen LogP contribution in [0.15, 0.2) is 23.1 Å². The van der Waals surface area contributed by atoms with Crippen molar-refractivity contribution in [1.29, 1.82) is 0 Å². The Morgan fingerprint density at radius 1 is 1.30 bits per heavy atom. The van der Waals surface area contributed by atoms with Crippen molar-refractivity contribution >= 4 is 34.0 Å². The fraction of sp³-hybridized carbons (Fsp3) is 0.600. The van der Waals surface area contributed by atoms with Crippen LogP contribution in [-0.4, -0.2) is 34.2 Å². The van der Waals surface area contributed by atoms with Crippen LogP contribution in [0, 0.1) is 5.92 Å². The van der Waals surface area contributed by atoms with Crippen LogP contribution in [0.2, 0.25) is 5.02 Å². The first-order valence-corrected chi connectivity index (χ1v) is 9.56. The summed E-state index contributed by atoms with van der Waals surface area (Å²) in [6, 6.07) is 4.67. The lowest BCUT2D eigenvalue weighted by Crippen LogP contribution is -2.36. The Balaban J connectivity index is 0.00000192. The summed E-state index contributed by atoms with van der Waals surface area (Å²) in [5, 5.41) is 3.53. The molecule has 1 aliphatic heterocycles. The summed E-state index contributed by atoms with van der Waals surface area (Å²) in [5.74, 6) is 1.12. The molecular weight excluding hydrogens is 359 g/mol. The molecule has 1 aliphatic carbocycles. The van der Waals surface area contributed by atoms with Gasteiger partial charge in [-0.2, -0.15) is 0 Å². The number of ether oxygens (including phenoxy) is 1. The van der Waals surface area contributed by atoms with Crippen LogP contribution in [0.5, 0.6) is 5.75 Å². The zero-order chi connectivity index (χ0) is 15.6. The van der Waals surface area contributed by atoms with Crippen molar-refractivity contribution in [3.8, 4) is 5.75 Å². The van der Waals surface area contributed by atoms with Gasteiger partial charge in [0.05, 0.1) is 6.61 Å². The Morgan fingerprint density at radius 2 is 2.09 bits per heavy atom. The van der Waals surface area contributed by atoms with E-state index in [1.165, 1.54) is 18.9 Å². The fourth-order valence-electron chi connectivity index (χ4n) is 2.59. The normalized spacial score (nSPS) is 21.0. The number of sulfonamides is 1. The van der Waals surface area contributed by atoms with Crippen molar-refractivity contribution in [2.75, 3.05) is 19.7 Å². The molecule has 1 aromatic rings. The summed E-state index contributed by atoms with van der Waals surface area (Å²) in [4.78, 5) is 0.127. The molecule has 2 aliphatic rings. The zero-order valence-corrected chi connectivity index (χ0v) is 15.1. The van der Waals surface area contributed by atoms with Gasteiger partial charge in [0.15, 0.2) is 0 Å². The number of nitrogens with one attached hydrogen (secondary N) is 2. The summed E-state index contributed by atoms with van der Waals surface area (Å²) in [6.07, 6.45) is 4.27. The maximum absolute atomic E-state index is 12.6. The second kappa shape index (κ2) is 8.03. The van der Waals surface area contributed by atoms with Crippen LogP contribution in [0.25, 0.3) is 0 Å². The van der Waals surface area contributed by atoms with Gasteiger partial charge in [0.2, 0.25) is 10.0 Å². The Hall–Kier alpha value is -0.530. The first-order valence-electron chi connectivity index (χ1n) is 7.70. The minimum absolute atomic E-state index is 0. The van der Waals surface area contributed by atoms with Crippen molar-refractivity contribution in [3.63, 3.8) is 0 Å². The van der Waals surface area contributed by atoms with Gasteiger partial charge in [-0.05, 0) is 43.5 Å². The molecule has 23 heavy (non-hydrogen) atoms. The van der Waals surface area contributed by atoms with Crippen molar-refractivity contribution < 1.29 is 13.2 Å². The number of hydrogen-bond donors (Lipinski definition) is 2. The second-order valence-electron chi connectivity index (χ2n) is 5.98. The number of halogens is 2. The molecule has 1 aromatic carbocycles. The SMILES string of the molecule is Cl.O=S(=O)(NC1CCNC1)c1cc(Cl)ccc1OCCC1CC1. The number of benzene rings is 1. The lowest BCUT2D eigenvalue weighted by molar-refractivity contribution is 0.295. The van der Waals surface area contributed by atoms with Crippen LogP contribution in [-0.2, 0) is 10.0 Å². The average Bonchev–Trinajstić information content (AvgIpc) is 3.16. The molecular formula is C15H22Cl2N2O3S. The Labute approximate surface area is 148 Å². The molecule has 5 nitrogen and oxygen atoms in total. The van der Waals surface area contributed by atoms with Gasteiger partial charge < -0.3 is 10.1 Å². The summed E-state index contributed by atoms with van der Waals surface area (Å²) >= 11 is 5.97. The van der Waals surface area contributed by atoms with Crippen LogP contribution in [0.4, 0.5) is 0 Å². The van der Waals surface area contributed by atoms with Gasteiger partial charge >= 0.3 is 0 Å². The van der Waals surface area contributed by atoms with Crippen LogP contribution in [0.3, 0.4) is 0 Å². The van der Waals surface area contributed by atoms with Gasteiger partial charge in [-0.1, -0.05) is 24.4 Å². The molecule has 0 amide bonds. The van der Waals surface area contributed by atoms with Gasteiger partial charge in [-0.15, -0.1) is 12.4 Å².